The van der Waals surface area contributed by atoms with Crippen molar-refractivity contribution < 1.29 is 17.9 Å². The summed E-state index contributed by atoms with van der Waals surface area (Å²) in [5.74, 6) is 0.481. The lowest BCUT2D eigenvalue weighted by molar-refractivity contribution is 0.0687. The summed E-state index contributed by atoms with van der Waals surface area (Å²) in [6, 6.07) is 10.1. The summed E-state index contributed by atoms with van der Waals surface area (Å²) in [4.78, 5) is 19.0. The number of methoxy groups -OCH3 is 1. The van der Waals surface area contributed by atoms with Crippen molar-refractivity contribution in [2.24, 2.45) is 5.92 Å². The Morgan fingerprint density at radius 2 is 1.97 bits per heavy atom. The number of benzene rings is 1. The second kappa shape index (κ2) is 9.60. The molecule has 1 amide bonds. The van der Waals surface area contributed by atoms with Gasteiger partial charge in [0.05, 0.1) is 12.7 Å². The highest BCUT2D eigenvalue weighted by atomic mass is 32.2. The Hall–Kier alpha value is -2.10. The van der Waals surface area contributed by atoms with E-state index in [2.05, 4.69) is 9.71 Å². The summed E-state index contributed by atoms with van der Waals surface area (Å²) >= 11 is 1.45. The molecule has 1 fully saturated rings. The number of nitrogens with one attached hydrogen (secondary N) is 1. The second-order valence-electron chi connectivity index (χ2n) is 6.80. The number of rotatable bonds is 7. The number of para-hydroxylation sites is 1. The van der Waals surface area contributed by atoms with E-state index in [0.29, 0.717) is 30.9 Å². The first-order valence-electron chi connectivity index (χ1n) is 9.37. The standard InChI is InChI=1S/C20H25N3O4S2/c1-27-17-7-3-4-8-18(17)29(25,26)22-14-15-9-12-23(13-10-15)20(24)16-6-5-11-21-19(16)28-2/h3-8,11,15,22H,9-10,12-14H2,1-2H3. The number of piperidine rings is 1. The van der Waals surface area contributed by atoms with Crippen LogP contribution in [-0.2, 0) is 10.0 Å². The summed E-state index contributed by atoms with van der Waals surface area (Å²) < 4.78 is 33.1. The quantitative estimate of drug-likeness (QED) is 0.673. The predicted molar refractivity (Wildman–Crippen MR) is 113 cm³/mol. The van der Waals surface area contributed by atoms with Gasteiger partial charge in [0, 0.05) is 25.8 Å². The number of carbonyl (C=O) groups excluding carboxylic acids is 1. The van der Waals surface area contributed by atoms with Crippen LogP contribution in [0.15, 0.2) is 52.5 Å². The number of likely N-dealkylation sites (tertiary alicyclic amines) is 1. The maximum atomic E-state index is 12.8. The molecule has 1 saturated heterocycles. The molecule has 3 rings (SSSR count). The number of carbonyl (C=O) groups is 1. The van der Waals surface area contributed by atoms with Gasteiger partial charge in [-0.2, -0.15) is 0 Å². The average molecular weight is 436 g/mol. The fourth-order valence-electron chi connectivity index (χ4n) is 3.37. The number of hydrogen-bond acceptors (Lipinski definition) is 6. The molecular weight excluding hydrogens is 410 g/mol. The van der Waals surface area contributed by atoms with Crippen LogP contribution in [0.5, 0.6) is 5.75 Å². The molecule has 0 aliphatic carbocycles. The van der Waals surface area contributed by atoms with Crippen LogP contribution in [0.25, 0.3) is 0 Å². The van der Waals surface area contributed by atoms with Crippen molar-refractivity contribution in [3.05, 3.63) is 48.2 Å². The highest BCUT2D eigenvalue weighted by Gasteiger charge is 2.27. The van der Waals surface area contributed by atoms with Gasteiger partial charge in [-0.1, -0.05) is 12.1 Å². The third kappa shape index (κ3) is 5.09. The maximum absolute atomic E-state index is 12.8. The van der Waals surface area contributed by atoms with Gasteiger partial charge in [-0.05, 0) is 49.3 Å². The van der Waals surface area contributed by atoms with Crippen LogP contribution in [0.2, 0.25) is 0 Å². The number of aromatic nitrogens is 1. The van der Waals surface area contributed by atoms with Gasteiger partial charge < -0.3 is 9.64 Å². The average Bonchev–Trinajstić information content (AvgIpc) is 2.77. The van der Waals surface area contributed by atoms with Gasteiger partial charge in [0.2, 0.25) is 10.0 Å². The summed E-state index contributed by atoms with van der Waals surface area (Å²) in [6.45, 7) is 1.54. The van der Waals surface area contributed by atoms with E-state index in [1.54, 1.807) is 36.5 Å². The van der Waals surface area contributed by atoms with Crippen LogP contribution in [0.3, 0.4) is 0 Å². The number of thioether (sulfide) groups is 1. The number of amides is 1. The molecule has 0 radical (unpaired) electrons. The molecule has 2 aromatic rings. The van der Waals surface area contributed by atoms with E-state index >= 15 is 0 Å². The molecule has 1 N–H and O–H groups in total. The largest absolute Gasteiger partial charge is 0.495 e. The van der Waals surface area contributed by atoms with Gasteiger partial charge in [-0.15, -0.1) is 11.8 Å². The van der Waals surface area contributed by atoms with Gasteiger partial charge in [0.1, 0.15) is 15.7 Å². The lowest BCUT2D eigenvalue weighted by Crippen LogP contribution is -2.41. The van der Waals surface area contributed by atoms with E-state index in [4.69, 9.17) is 4.74 Å². The lowest BCUT2D eigenvalue weighted by Gasteiger charge is -2.32. The van der Waals surface area contributed by atoms with Crippen molar-refractivity contribution in [3.8, 4) is 5.75 Å². The number of nitrogens with zero attached hydrogens (tertiary/aromatic N) is 2. The minimum absolute atomic E-state index is 0.0181. The molecule has 0 atom stereocenters. The van der Waals surface area contributed by atoms with E-state index in [9.17, 15) is 13.2 Å². The van der Waals surface area contributed by atoms with Gasteiger partial charge in [0.15, 0.2) is 0 Å². The summed E-state index contributed by atoms with van der Waals surface area (Å²) in [5, 5.41) is 0.726. The van der Waals surface area contributed by atoms with Crippen molar-refractivity contribution in [3.63, 3.8) is 0 Å². The predicted octanol–water partition coefficient (Wildman–Crippen LogP) is 2.64. The second-order valence-corrected chi connectivity index (χ2v) is 9.33. The van der Waals surface area contributed by atoms with Crippen LogP contribution in [0, 0.1) is 5.92 Å². The Morgan fingerprint density at radius 1 is 1.24 bits per heavy atom. The first-order chi connectivity index (χ1) is 14.0. The minimum Gasteiger partial charge on any atom is -0.495 e. The van der Waals surface area contributed by atoms with Crippen molar-refractivity contribution in [1.82, 2.24) is 14.6 Å². The van der Waals surface area contributed by atoms with E-state index in [1.165, 1.54) is 24.9 Å². The molecule has 7 nitrogen and oxygen atoms in total. The molecule has 0 unspecified atom stereocenters. The molecule has 1 aromatic carbocycles. The van der Waals surface area contributed by atoms with Crippen LogP contribution >= 0.6 is 11.8 Å². The Kier molecular flexibility index (Phi) is 7.15. The Bertz CT molecular complexity index is 958. The third-order valence-corrected chi connectivity index (χ3v) is 7.19. The monoisotopic (exact) mass is 435 g/mol. The van der Waals surface area contributed by atoms with Crippen LogP contribution in [0.4, 0.5) is 0 Å². The van der Waals surface area contributed by atoms with Crippen LogP contribution < -0.4 is 9.46 Å². The SMILES string of the molecule is COc1ccccc1S(=O)(=O)NCC1CCN(C(=O)c2cccnc2SC)CC1. The third-order valence-electron chi connectivity index (χ3n) is 5.02. The molecule has 1 aromatic heterocycles. The molecule has 2 heterocycles. The number of ether oxygens (including phenoxy) is 1. The number of hydrogen-bond donors (Lipinski definition) is 1. The van der Waals surface area contributed by atoms with Crippen molar-refractivity contribution >= 4 is 27.7 Å². The van der Waals surface area contributed by atoms with E-state index in [0.717, 1.165) is 17.9 Å². The fourth-order valence-corrected chi connectivity index (χ4v) is 5.20. The molecule has 9 heteroatoms. The molecule has 0 spiro atoms. The zero-order valence-corrected chi connectivity index (χ0v) is 18.1. The molecule has 29 heavy (non-hydrogen) atoms. The zero-order chi connectivity index (χ0) is 20.9. The highest BCUT2D eigenvalue weighted by molar-refractivity contribution is 7.98. The molecule has 0 saturated carbocycles. The smallest absolute Gasteiger partial charge is 0.256 e. The van der Waals surface area contributed by atoms with Gasteiger partial charge in [0.25, 0.3) is 5.91 Å². The summed E-state index contributed by atoms with van der Waals surface area (Å²) in [7, 11) is -2.20. The first-order valence-corrected chi connectivity index (χ1v) is 12.1. The van der Waals surface area contributed by atoms with E-state index in [-0.39, 0.29) is 16.7 Å². The molecule has 156 valence electrons. The fraction of sp³-hybridized carbons (Fsp3) is 0.400. The zero-order valence-electron chi connectivity index (χ0n) is 16.5. The van der Waals surface area contributed by atoms with Crippen LogP contribution in [-0.4, -0.2) is 57.2 Å². The molecule has 0 bridgehead atoms. The van der Waals surface area contributed by atoms with Crippen molar-refractivity contribution in [2.75, 3.05) is 33.0 Å². The normalized spacial score (nSPS) is 15.3. The number of pyridine rings is 1. The van der Waals surface area contributed by atoms with Crippen molar-refractivity contribution in [2.45, 2.75) is 22.8 Å². The highest BCUT2D eigenvalue weighted by Crippen LogP contribution is 2.25. The topological polar surface area (TPSA) is 88.6 Å². The summed E-state index contributed by atoms with van der Waals surface area (Å²) in [6.07, 6.45) is 5.08. The molecule has 1 aliphatic heterocycles. The van der Waals surface area contributed by atoms with Crippen LogP contribution in [0.1, 0.15) is 23.2 Å². The maximum Gasteiger partial charge on any atom is 0.256 e. The summed E-state index contributed by atoms with van der Waals surface area (Å²) in [5.41, 5.74) is 0.621. The minimum atomic E-state index is -3.65. The van der Waals surface area contributed by atoms with Gasteiger partial charge in [-0.3, -0.25) is 4.79 Å². The Morgan fingerprint density at radius 3 is 2.66 bits per heavy atom. The van der Waals surface area contributed by atoms with E-state index < -0.39 is 10.0 Å². The Balaban J connectivity index is 1.57. The molecule has 1 aliphatic rings. The number of sulfonamides is 1. The molecular formula is C20H25N3O4S2. The van der Waals surface area contributed by atoms with Gasteiger partial charge in [-0.25, -0.2) is 18.1 Å². The Labute approximate surface area is 175 Å². The lowest BCUT2D eigenvalue weighted by atomic mass is 9.97. The first kappa shape index (κ1) is 21.6. The van der Waals surface area contributed by atoms with Gasteiger partial charge >= 0.3 is 0 Å². The van der Waals surface area contributed by atoms with Crippen molar-refractivity contribution in [1.29, 1.82) is 0 Å². The van der Waals surface area contributed by atoms with E-state index in [1.807, 2.05) is 11.2 Å².